The van der Waals surface area contributed by atoms with Gasteiger partial charge in [0.1, 0.15) is 13.2 Å². The second-order valence-corrected chi connectivity index (χ2v) is 6.48. The van der Waals surface area contributed by atoms with Gasteiger partial charge in [-0.25, -0.2) is 4.79 Å². The monoisotopic (exact) mass is 420 g/mol. The number of fused-ring (bicyclic) bond motifs is 1. The lowest BCUT2D eigenvalue weighted by Crippen LogP contribution is -2.30. The van der Waals surface area contributed by atoms with Gasteiger partial charge >= 0.3 is 5.97 Å². The van der Waals surface area contributed by atoms with Crippen molar-refractivity contribution in [2.24, 2.45) is 0 Å². The van der Waals surface area contributed by atoms with Crippen molar-refractivity contribution < 1.29 is 28.7 Å². The number of nitro groups is 1. The lowest BCUT2D eigenvalue weighted by molar-refractivity contribution is -0.384. The first-order valence-corrected chi connectivity index (χ1v) is 9.08. The average molecular weight is 421 g/mol. The van der Waals surface area contributed by atoms with Crippen LogP contribution in [-0.4, -0.2) is 43.2 Å². The summed E-state index contributed by atoms with van der Waals surface area (Å²) < 4.78 is 15.8. The Labute approximate surface area is 170 Å². The molecule has 0 aliphatic carbocycles. The molecule has 152 valence electrons. The molecule has 2 aromatic rings. The summed E-state index contributed by atoms with van der Waals surface area (Å²) in [6, 6.07) is 8.95. The van der Waals surface area contributed by atoms with Crippen LogP contribution in [0.4, 0.5) is 5.69 Å². The van der Waals surface area contributed by atoms with E-state index in [9.17, 15) is 19.7 Å². The molecular weight excluding hydrogens is 404 g/mol. The minimum Gasteiger partial charge on any atom is -0.486 e. The van der Waals surface area contributed by atoms with Gasteiger partial charge in [0.15, 0.2) is 18.1 Å². The van der Waals surface area contributed by atoms with Crippen LogP contribution < -0.4 is 14.8 Å². The number of esters is 1. The van der Waals surface area contributed by atoms with E-state index >= 15 is 0 Å². The quantitative estimate of drug-likeness (QED) is 0.415. The predicted octanol–water partition coefficient (Wildman–Crippen LogP) is 2.54. The molecule has 1 N–H and O–H groups in total. The molecule has 9 nitrogen and oxygen atoms in total. The molecule has 1 aliphatic heterocycles. The number of hydrogen-bond donors (Lipinski definition) is 1. The van der Waals surface area contributed by atoms with E-state index in [1.54, 1.807) is 0 Å². The van der Waals surface area contributed by atoms with E-state index in [0.717, 1.165) is 11.6 Å². The van der Waals surface area contributed by atoms with E-state index in [2.05, 4.69) is 5.32 Å². The highest BCUT2D eigenvalue weighted by molar-refractivity contribution is 6.33. The molecule has 0 fully saturated rings. The molecule has 1 heterocycles. The molecule has 0 atom stereocenters. The van der Waals surface area contributed by atoms with E-state index in [-0.39, 0.29) is 16.3 Å². The van der Waals surface area contributed by atoms with Crippen LogP contribution in [0.15, 0.2) is 36.4 Å². The van der Waals surface area contributed by atoms with Crippen LogP contribution in [0.5, 0.6) is 11.5 Å². The molecule has 10 heteroatoms. The zero-order valence-corrected chi connectivity index (χ0v) is 15.9. The molecule has 1 aliphatic rings. The predicted molar refractivity (Wildman–Crippen MR) is 103 cm³/mol. The number of non-ortho nitro benzene ring substituents is 1. The van der Waals surface area contributed by atoms with Crippen molar-refractivity contribution >= 4 is 29.2 Å². The number of nitro benzene ring substituents is 1. The number of carbonyl (C=O) groups is 2. The van der Waals surface area contributed by atoms with E-state index in [0.29, 0.717) is 37.7 Å². The molecule has 2 aromatic carbocycles. The molecule has 3 rings (SSSR count). The Bertz CT molecular complexity index is 948. The second kappa shape index (κ2) is 9.24. The number of nitrogens with one attached hydrogen (secondary N) is 1. The smallest absolute Gasteiger partial charge is 0.340 e. The van der Waals surface area contributed by atoms with Crippen LogP contribution in [0.3, 0.4) is 0 Å². The van der Waals surface area contributed by atoms with Crippen LogP contribution >= 0.6 is 11.6 Å². The Balaban J connectivity index is 1.46. The highest BCUT2D eigenvalue weighted by Gasteiger charge is 2.18. The number of ether oxygens (including phenoxy) is 3. The fraction of sp³-hybridized carbons (Fsp3) is 0.263. The van der Waals surface area contributed by atoms with Crippen LogP contribution in [0, 0.1) is 10.1 Å². The first-order valence-electron chi connectivity index (χ1n) is 8.70. The molecule has 0 saturated heterocycles. The van der Waals surface area contributed by atoms with Crippen molar-refractivity contribution in [3.63, 3.8) is 0 Å². The summed E-state index contributed by atoms with van der Waals surface area (Å²) >= 11 is 5.87. The third-order valence-electron chi connectivity index (χ3n) is 4.06. The number of nitrogens with zero attached hydrogens (tertiary/aromatic N) is 1. The maximum atomic E-state index is 12.0. The average Bonchev–Trinajstić information content (AvgIpc) is 2.72. The minimum absolute atomic E-state index is 0.000355. The molecule has 0 bridgehead atoms. The Morgan fingerprint density at radius 1 is 1.14 bits per heavy atom. The van der Waals surface area contributed by atoms with Crippen LogP contribution in [0.1, 0.15) is 15.9 Å². The number of carbonyl (C=O) groups excluding carboxylic acids is 2. The van der Waals surface area contributed by atoms with Crippen LogP contribution in [-0.2, 0) is 16.0 Å². The molecule has 0 spiro atoms. The largest absolute Gasteiger partial charge is 0.486 e. The molecule has 29 heavy (non-hydrogen) atoms. The lowest BCUT2D eigenvalue weighted by atomic mass is 10.1. The summed E-state index contributed by atoms with van der Waals surface area (Å²) in [4.78, 5) is 34.1. The van der Waals surface area contributed by atoms with Gasteiger partial charge in [0, 0.05) is 18.7 Å². The fourth-order valence-electron chi connectivity index (χ4n) is 2.63. The van der Waals surface area contributed by atoms with Crippen LogP contribution in [0.2, 0.25) is 5.02 Å². The zero-order valence-electron chi connectivity index (χ0n) is 15.2. The van der Waals surface area contributed by atoms with Gasteiger partial charge in [-0.2, -0.15) is 0 Å². The first kappa shape index (κ1) is 20.4. The molecule has 1 amide bonds. The SMILES string of the molecule is O=C(COC(=O)c1cc([N+](=O)[O-])ccc1Cl)NCCc1ccc2c(c1)OCCO2. The summed E-state index contributed by atoms with van der Waals surface area (Å²) in [6.07, 6.45) is 0.549. The summed E-state index contributed by atoms with van der Waals surface area (Å²) in [5.74, 6) is -0.0586. The van der Waals surface area contributed by atoms with Crippen molar-refractivity contribution in [3.8, 4) is 11.5 Å². The van der Waals surface area contributed by atoms with Crippen molar-refractivity contribution in [1.82, 2.24) is 5.32 Å². The van der Waals surface area contributed by atoms with E-state index in [1.165, 1.54) is 12.1 Å². The normalized spacial score (nSPS) is 12.2. The highest BCUT2D eigenvalue weighted by atomic mass is 35.5. The van der Waals surface area contributed by atoms with Crippen molar-refractivity contribution in [2.45, 2.75) is 6.42 Å². The zero-order chi connectivity index (χ0) is 20.8. The lowest BCUT2D eigenvalue weighted by Gasteiger charge is -2.18. The Morgan fingerprint density at radius 2 is 1.90 bits per heavy atom. The maximum absolute atomic E-state index is 12.0. The topological polar surface area (TPSA) is 117 Å². The van der Waals surface area contributed by atoms with E-state index < -0.39 is 23.4 Å². The summed E-state index contributed by atoms with van der Waals surface area (Å²) in [5.41, 5.74) is 0.477. The van der Waals surface area contributed by atoms with Gasteiger partial charge in [-0.15, -0.1) is 0 Å². The third-order valence-corrected chi connectivity index (χ3v) is 4.39. The Kier molecular flexibility index (Phi) is 6.50. The Morgan fingerprint density at radius 3 is 2.66 bits per heavy atom. The van der Waals surface area contributed by atoms with Crippen molar-refractivity contribution in [2.75, 3.05) is 26.4 Å². The number of hydrogen-bond acceptors (Lipinski definition) is 7. The first-order chi connectivity index (χ1) is 13.9. The summed E-state index contributed by atoms with van der Waals surface area (Å²) in [6.45, 7) is 0.808. The van der Waals surface area contributed by atoms with Gasteiger partial charge in [-0.3, -0.25) is 14.9 Å². The van der Waals surface area contributed by atoms with Gasteiger partial charge in [-0.05, 0) is 30.2 Å². The molecule has 0 saturated carbocycles. The molecule has 0 radical (unpaired) electrons. The summed E-state index contributed by atoms with van der Waals surface area (Å²) in [7, 11) is 0. The standard InChI is InChI=1S/C19H17ClN2O7/c20-15-3-2-13(22(25)26)10-14(15)19(24)29-11-18(23)21-6-5-12-1-4-16-17(9-12)28-8-7-27-16/h1-4,9-10H,5-8,11H2,(H,21,23). The van der Waals surface area contributed by atoms with Gasteiger partial charge in [-0.1, -0.05) is 17.7 Å². The van der Waals surface area contributed by atoms with Crippen molar-refractivity contribution in [3.05, 3.63) is 62.7 Å². The third kappa shape index (κ3) is 5.35. The Hall–Kier alpha value is -3.33. The number of amides is 1. The van der Waals surface area contributed by atoms with E-state index in [4.69, 9.17) is 25.8 Å². The maximum Gasteiger partial charge on any atom is 0.340 e. The molecular formula is C19H17ClN2O7. The highest BCUT2D eigenvalue weighted by Crippen LogP contribution is 2.30. The summed E-state index contributed by atoms with van der Waals surface area (Å²) in [5, 5.41) is 13.4. The number of rotatable bonds is 7. The number of benzene rings is 2. The minimum atomic E-state index is -0.916. The molecule has 0 aromatic heterocycles. The number of halogens is 1. The van der Waals surface area contributed by atoms with Gasteiger partial charge in [0.05, 0.1) is 15.5 Å². The van der Waals surface area contributed by atoms with Crippen LogP contribution in [0.25, 0.3) is 0 Å². The van der Waals surface area contributed by atoms with Gasteiger partial charge < -0.3 is 19.5 Å². The second-order valence-electron chi connectivity index (χ2n) is 6.08. The van der Waals surface area contributed by atoms with E-state index in [1.807, 2.05) is 18.2 Å². The molecule has 0 unspecified atom stereocenters. The van der Waals surface area contributed by atoms with Gasteiger partial charge in [0.2, 0.25) is 0 Å². The fourth-order valence-corrected chi connectivity index (χ4v) is 2.83. The van der Waals surface area contributed by atoms with Gasteiger partial charge in [0.25, 0.3) is 11.6 Å². The van der Waals surface area contributed by atoms with Crippen molar-refractivity contribution in [1.29, 1.82) is 0 Å².